The fourth-order valence-corrected chi connectivity index (χ4v) is 1.69. The highest BCUT2D eigenvalue weighted by Crippen LogP contribution is 2.24. The van der Waals surface area contributed by atoms with Gasteiger partial charge in [0.2, 0.25) is 5.88 Å². The first-order valence-electron chi connectivity index (χ1n) is 4.83. The van der Waals surface area contributed by atoms with E-state index in [4.69, 9.17) is 4.74 Å². The van der Waals surface area contributed by atoms with Crippen molar-refractivity contribution < 1.29 is 9.53 Å². The maximum atomic E-state index is 11.8. The molecule has 3 nitrogen and oxygen atoms in total. The van der Waals surface area contributed by atoms with Crippen molar-refractivity contribution in [3.63, 3.8) is 0 Å². The molecule has 0 fully saturated rings. The van der Waals surface area contributed by atoms with Crippen LogP contribution < -0.4 is 4.74 Å². The molecule has 82 valence electrons. The van der Waals surface area contributed by atoms with Crippen LogP contribution in [0.15, 0.2) is 16.7 Å². The molecular weight excluding hydrogens is 258 g/mol. The molecule has 1 aromatic heterocycles. The van der Waals surface area contributed by atoms with E-state index in [1.807, 2.05) is 13.8 Å². The Bertz CT molecular complexity index is 366. The van der Waals surface area contributed by atoms with Crippen LogP contribution in [0.2, 0.25) is 0 Å². The van der Waals surface area contributed by atoms with E-state index in [0.717, 1.165) is 6.42 Å². The minimum atomic E-state index is 0.0343. The molecule has 1 heterocycles. The minimum absolute atomic E-state index is 0.0343. The molecule has 0 radical (unpaired) electrons. The lowest BCUT2D eigenvalue weighted by Crippen LogP contribution is -2.10. The molecule has 0 saturated heterocycles. The van der Waals surface area contributed by atoms with E-state index >= 15 is 0 Å². The summed E-state index contributed by atoms with van der Waals surface area (Å²) in [6, 6.07) is 1.75. The van der Waals surface area contributed by atoms with E-state index < -0.39 is 0 Å². The number of halogens is 1. The Labute approximate surface area is 98.0 Å². The summed E-state index contributed by atoms with van der Waals surface area (Å²) in [6.07, 6.45) is 2.39. The molecule has 4 heteroatoms. The topological polar surface area (TPSA) is 39.2 Å². The molecule has 0 spiro atoms. The molecule has 1 aromatic rings. The van der Waals surface area contributed by atoms with Gasteiger partial charge in [-0.1, -0.05) is 13.8 Å². The van der Waals surface area contributed by atoms with Gasteiger partial charge in [0, 0.05) is 17.7 Å². The van der Waals surface area contributed by atoms with E-state index in [2.05, 4.69) is 20.9 Å². The number of hydrogen-bond donors (Lipinski definition) is 0. The second-order valence-electron chi connectivity index (χ2n) is 3.39. The first kappa shape index (κ1) is 12.2. The van der Waals surface area contributed by atoms with E-state index in [-0.39, 0.29) is 11.7 Å². The predicted molar refractivity (Wildman–Crippen MR) is 62.3 cm³/mol. The number of Topliss-reactive ketones (excluding diaryl/α,β-unsaturated/α-hetero) is 1. The first-order valence-corrected chi connectivity index (χ1v) is 5.63. The van der Waals surface area contributed by atoms with E-state index in [0.29, 0.717) is 15.9 Å². The first-order chi connectivity index (χ1) is 7.10. The summed E-state index contributed by atoms with van der Waals surface area (Å²) < 4.78 is 5.70. The Hall–Kier alpha value is -0.900. The van der Waals surface area contributed by atoms with Gasteiger partial charge in [0.25, 0.3) is 0 Å². The second kappa shape index (κ2) is 5.26. The fourth-order valence-electron chi connectivity index (χ4n) is 1.18. The summed E-state index contributed by atoms with van der Waals surface area (Å²) in [5.41, 5.74) is 0.622. The highest BCUT2D eigenvalue weighted by Gasteiger charge is 2.15. The lowest BCUT2D eigenvalue weighted by molar-refractivity contribution is 0.0926. The number of methoxy groups -OCH3 is 1. The quantitative estimate of drug-likeness (QED) is 0.791. The van der Waals surface area contributed by atoms with Gasteiger partial charge in [-0.15, -0.1) is 0 Å². The Morgan fingerprint density at radius 3 is 2.80 bits per heavy atom. The zero-order valence-corrected chi connectivity index (χ0v) is 10.7. The maximum Gasteiger partial charge on any atom is 0.227 e. The average Bonchev–Trinajstić information content (AvgIpc) is 2.26. The summed E-state index contributed by atoms with van der Waals surface area (Å²) in [5, 5.41) is 0. The molecular formula is C11H14BrNO2. The van der Waals surface area contributed by atoms with Crippen molar-refractivity contribution in [3.8, 4) is 5.88 Å². The normalized spacial score (nSPS) is 12.3. The molecule has 0 aromatic carbocycles. The number of pyridine rings is 1. The lowest BCUT2D eigenvalue weighted by Gasteiger charge is -2.08. The van der Waals surface area contributed by atoms with E-state index in [1.165, 1.54) is 0 Å². The molecule has 0 aliphatic carbocycles. The SMILES string of the molecule is CCC(C)C(=O)c1cnc(OC)c(Br)c1. The number of hydrogen-bond acceptors (Lipinski definition) is 3. The van der Waals surface area contributed by atoms with E-state index in [1.54, 1.807) is 19.4 Å². The third-order valence-corrected chi connectivity index (χ3v) is 2.91. The Kier molecular flexibility index (Phi) is 4.27. The molecule has 0 N–H and O–H groups in total. The Morgan fingerprint density at radius 2 is 2.33 bits per heavy atom. The van der Waals surface area contributed by atoms with Crippen LogP contribution in [-0.2, 0) is 0 Å². The van der Waals surface area contributed by atoms with Crippen LogP contribution in [0, 0.1) is 5.92 Å². The zero-order chi connectivity index (χ0) is 11.4. The largest absolute Gasteiger partial charge is 0.480 e. The van der Waals surface area contributed by atoms with Crippen LogP contribution in [0.25, 0.3) is 0 Å². The fraction of sp³-hybridized carbons (Fsp3) is 0.455. The summed E-state index contributed by atoms with van der Waals surface area (Å²) in [7, 11) is 1.54. The van der Waals surface area contributed by atoms with Gasteiger partial charge in [-0.25, -0.2) is 4.98 Å². The van der Waals surface area contributed by atoms with Crippen molar-refractivity contribution in [3.05, 3.63) is 22.3 Å². The van der Waals surface area contributed by atoms with Gasteiger partial charge in [-0.05, 0) is 28.4 Å². The van der Waals surface area contributed by atoms with Crippen molar-refractivity contribution in [2.24, 2.45) is 5.92 Å². The number of rotatable bonds is 4. The van der Waals surface area contributed by atoms with Crippen LogP contribution in [0.4, 0.5) is 0 Å². The Morgan fingerprint density at radius 1 is 1.67 bits per heavy atom. The standard InChI is InChI=1S/C11H14BrNO2/c1-4-7(2)10(14)8-5-9(12)11(15-3)13-6-8/h5-7H,4H2,1-3H3. The predicted octanol–water partition coefficient (Wildman–Crippen LogP) is 3.08. The highest BCUT2D eigenvalue weighted by atomic mass is 79.9. The van der Waals surface area contributed by atoms with Crippen molar-refractivity contribution in [2.45, 2.75) is 20.3 Å². The molecule has 1 unspecified atom stereocenters. The van der Waals surface area contributed by atoms with Gasteiger partial charge in [-0.3, -0.25) is 4.79 Å². The number of ketones is 1. The molecule has 0 bridgehead atoms. The van der Waals surface area contributed by atoms with Gasteiger partial charge in [-0.2, -0.15) is 0 Å². The molecule has 0 aliphatic rings. The third-order valence-electron chi connectivity index (χ3n) is 2.35. The van der Waals surface area contributed by atoms with Crippen LogP contribution in [0.1, 0.15) is 30.6 Å². The van der Waals surface area contributed by atoms with Gasteiger partial charge in [0.1, 0.15) is 0 Å². The zero-order valence-electron chi connectivity index (χ0n) is 9.08. The number of carbonyl (C=O) groups excluding carboxylic acids is 1. The summed E-state index contributed by atoms with van der Waals surface area (Å²) in [4.78, 5) is 15.9. The van der Waals surface area contributed by atoms with Crippen LogP contribution in [0.5, 0.6) is 5.88 Å². The Balaban J connectivity index is 2.97. The molecule has 0 amide bonds. The number of ether oxygens (including phenoxy) is 1. The van der Waals surface area contributed by atoms with E-state index in [9.17, 15) is 4.79 Å². The number of carbonyl (C=O) groups is 1. The second-order valence-corrected chi connectivity index (χ2v) is 4.24. The molecule has 15 heavy (non-hydrogen) atoms. The molecule has 0 saturated carbocycles. The van der Waals surface area contributed by atoms with Crippen LogP contribution in [-0.4, -0.2) is 17.9 Å². The minimum Gasteiger partial charge on any atom is -0.480 e. The summed E-state index contributed by atoms with van der Waals surface area (Å²) in [5.74, 6) is 0.649. The van der Waals surface area contributed by atoms with Crippen molar-refractivity contribution in [1.29, 1.82) is 0 Å². The summed E-state index contributed by atoms with van der Waals surface area (Å²) in [6.45, 7) is 3.91. The highest BCUT2D eigenvalue weighted by molar-refractivity contribution is 9.10. The smallest absolute Gasteiger partial charge is 0.227 e. The van der Waals surface area contributed by atoms with Crippen LogP contribution in [0.3, 0.4) is 0 Å². The van der Waals surface area contributed by atoms with Crippen molar-refractivity contribution >= 4 is 21.7 Å². The third kappa shape index (κ3) is 2.78. The van der Waals surface area contributed by atoms with Gasteiger partial charge < -0.3 is 4.74 Å². The lowest BCUT2D eigenvalue weighted by atomic mass is 9.98. The van der Waals surface area contributed by atoms with Crippen LogP contribution >= 0.6 is 15.9 Å². The van der Waals surface area contributed by atoms with Gasteiger partial charge in [0.05, 0.1) is 11.6 Å². The van der Waals surface area contributed by atoms with Gasteiger partial charge in [0.15, 0.2) is 5.78 Å². The average molecular weight is 272 g/mol. The van der Waals surface area contributed by atoms with Crippen molar-refractivity contribution in [2.75, 3.05) is 7.11 Å². The number of nitrogens with zero attached hydrogens (tertiary/aromatic N) is 1. The van der Waals surface area contributed by atoms with Crippen molar-refractivity contribution in [1.82, 2.24) is 4.98 Å². The molecule has 0 aliphatic heterocycles. The summed E-state index contributed by atoms with van der Waals surface area (Å²) >= 11 is 3.31. The number of aromatic nitrogens is 1. The monoisotopic (exact) mass is 271 g/mol. The van der Waals surface area contributed by atoms with Gasteiger partial charge >= 0.3 is 0 Å². The maximum absolute atomic E-state index is 11.8. The molecule has 1 rings (SSSR count). The molecule has 1 atom stereocenters.